The topological polar surface area (TPSA) is 98.3 Å². The van der Waals surface area contributed by atoms with E-state index in [-0.39, 0.29) is 11.3 Å². The number of sulfonamides is 1. The summed E-state index contributed by atoms with van der Waals surface area (Å²) in [5.41, 5.74) is 7.46. The lowest BCUT2D eigenvalue weighted by Crippen LogP contribution is -2.45. The van der Waals surface area contributed by atoms with Crippen molar-refractivity contribution < 1.29 is 13.2 Å². The van der Waals surface area contributed by atoms with Gasteiger partial charge in [-0.25, -0.2) is 13.1 Å². The molecule has 0 saturated carbocycles. The Balaban J connectivity index is 1.79. The second kappa shape index (κ2) is 5.99. The van der Waals surface area contributed by atoms with Gasteiger partial charge in [0.1, 0.15) is 10.9 Å². The van der Waals surface area contributed by atoms with E-state index < -0.39 is 22.0 Å². The minimum Gasteiger partial charge on any atom is -0.368 e. The molecule has 2 aromatic carbocycles. The second-order valence-corrected chi connectivity index (χ2v) is 7.82. The summed E-state index contributed by atoms with van der Waals surface area (Å²) in [6, 6.07) is 15.3. The Kier molecular flexibility index (Phi) is 3.77. The third-order valence-electron chi connectivity index (χ3n) is 4.39. The molecule has 0 bridgehead atoms. The fraction of sp³-hybridized carbons (Fsp3) is 0.111. The molecule has 0 aliphatic carbocycles. The molecule has 26 heavy (non-hydrogen) atoms. The van der Waals surface area contributed by atoms with E-state index in [1.165, 1.54) is 17.1 Å². The lowest BCUT2D eigenvalue weighted by molar-refractivity contribution is -0.118. The Labute approximate surface area is 150 Å². The molecule has 0 fully saturated rings. The van der Waals surface area contributed by atoms with Crippen LogP contribution >= 0.6 is 0 Å². The zero-order valence-corrected chi connectivity index (χ0v) is 14.5. The molecule has 0 spiro atoms. The van der Waals surface area contributed by atoms with Crippen LogP contribution in [0.15, 0.2) is 71.9 Å². The lowest BCUT2D eigenvalue weighted by atomic mass is 10.1. The minimum absolute atomic E-state index is 0.00399. The van der Waals surface area contributed by atoms with Crippen molar-refractivity contribution in [1.29, 1.82) is 0 Å². The zero-order valence-electron chi connectivity index (χ0n) is 13.7. The first-order valence-electron chi connectivity index (χ1n) is 8.00. The molecular formula is C18H16N4O3S. The van der Waals surface area contributed by atoms with Crippen molar-refractivity contribution in [3.63, 3.8) is 0 Å². The maximum absolute atomic E-state index is 13.2. The first-order chi connectivity index (χ1) is 12.5. The molecule has 7 nitrogen and oxygen atoms in total. The van der Waals surface area contributed by atoms with Crippen LogP contribution in [0.25, 0.3) is 5.69 Å². The summed E-state index contributed by atoms with van der Waals surface area (Å²) in [6.45, 7) is 0. The van der Waals surface area contributed by atoms with Crippen LogP contribution in [0.2, 0.25) is 0 Å². The summed E-state index contributed by atoms with van der Waals surface area (Å²) in [7, 11) is -3.98. The van der Waals surface area contributed by atoms with Crippen LogP contribution in [0.4, 0.5) is 5.69 Å². The van der Waals surface area contributed by atoms with E-state index in [2.05, 4.69) is 5.10 Å². The number of rotatable bonds is 4. The van der Waals surface area contributed by atoms with Gasteiger partial charge >= 0.3 is 0 Å². The molecule has 4 rings (SSSR count). The van der Waals surface area contributed by atoms with Gasteiger partial charge < -0.3 is 5.73 Å². The highest BCUT2D eigenvalue weighted by Gasteiger charge is 2.41. The Morgan fingerprint density at radius 3 is 2.50 bits per heavy atom. The van der Waals surface area contributed by atoms with E-state index in [1.807, 2.05) is 30.3 Å². The molecule has 0 unspecified atom stereocenters. The average Bonchev–Trinajstić information content (AvgIpc) is 3.28. The van der Waals surface area contributed by atoms with Crippen LogP contribution < -0.4 is 10.0 Å². The summed E-state index contributed by atoms with van der Waals surface area (Å²) in [4.78, 5) is 11.9. The number of nitrogens with two attached hydrogens (primary N) is 1. The van der Waals surface area contributed by atoms with Crippen LogP contribution in [-0.4, -0.2) is 30.1 Å². The third kappa shape index (κ3) is 2.55. The average molecular weight is 368 g/mol. The quantitative estimate of drug-likeness (QED) is 0.754. The molecule has 1 aliphatic rings. The van der Waals surface area contributed by atoms with Gasteiger partial charge in [0, 0.05) is 6.42 Å². The predicted molar refractivity (Wildman–Crippen MR) is 96.4 cm³/mol. The van der Waals surface area contributed by atoms with Gasteiger partial charge in [-0.3, -0.25) is 9.10 Å². The third-order valence-corrected chi connectivity index (χ3v) is 6.17. The number of primary amides is 1. The van der Waals surface area contributed by atoms with Crippen LogP contribution in [0.3, 0.4) is 0 Å². The van der Waals surface area contributed by atoms with E-state index in [0.717, 1.165) is 15.6 Å². The summed E-state index contributed by atoms with van der Waals surface area (Å²) >= 11 is 0. The van der Waals surface area contributed by atoms with Gasteiger partial charge in [0.05, 0.1) is 23.8 Å². The SMILES string of the molecule is NC(=O)[C@@H]1Cc2ccccc2N1S(=O)(=O)c1cnn(-c2ccccc2)c1. The predicted octanol–water partition coefficient (Wildman–Crippen LogP) is 1.48. The summed E-state index contributed by atoms with van der Waals surface area (Å²) in [5, 5.41) is 4.14. The standard InChI is InChI=1S/C18H16N4O3S/c19-18(23)17-10-13-6-4-5-9-16(13)22(17)26(24,25)15-11-20-21(12-15)14-7-2-1-3-8-14/h1-9,11-12,17H,10H2,(H2,19,23)/t17-/m0/s1. The van der Waals surface area contributed by atoms with E-state index in [9.17, 15) is 13.2 Å². The Morgan fingerprint density at radius 1 is 1.08 bits per heavy atom. The number of hydrogen-bond donors (Lipinski definition) is 1. The number of anilines is 1. The van der Waals surface area contributed by atoms with Crippen molar-refractivity contribution in [3.8, 4) is 5.69 Å². The number of benzene rings is 2. The van der Waals surface area contributed by atoms with Crippen molar-refractivity contribution in [2.75, 3.05) is 4.31 Å². The highest BCUT2D eigenvalue weighted by Crippen LogP contribution is 2.36. The number of fused-ring (bicyclic) bond motifs is 1. The van der Waals surface area contributed by atoms with Crippen molar-refractivity contribution in [2.45, 2.75) is 17.4 Å². The largest absolute Gasteiger partial charge is 0.368 e. The molecule has 132 valence electrons. The van der Waals surface area contributed by atoms with Crippen molar-refractivity contribution in [1.82, 2.24) is 9.78 Å². The van der Waals surface area contributed by atoms with Crippen molar-refractivity contribution in [2.24, 2.45) is 5.73 Å². The van der Waals surface area contributed by atoms with Gasteiger partial charge in [-0.15, -0.1) is 0 Å². The molecule has 2 heterocycles. The fourth-order valence-corrected chi connectivity index (χ4v) is 4.74. The van der Waals surface area contributed by atoms with E-state index in [1.54, 1.807) is 24.3 Å². The Hall–Kier alpha value is -3.13. The van der Waals surface area contributed by atoms with Crippen molar-refractivity contribution >= 4 is 21.6 Å². The molecule has 1 aliphatic heterocycles. The number of carbonyl (C=O) groups excluding carboxylic acids is 1. The number of para-hydroxylation sites is 2. The molecule has 2 N–H and O–H groups in total. The molecule has 1 atom stereocenters. The lowest BCUT2D eigenvalue weighted by Gasteiger charge is -2.24. The number of aromatic nitrogens is 2. The Bertz CT molecular complexity index is 1080. The number of amides is 1. The van der Waals surface area contributed by atoms with E-state index in [4.69, 9.17) is 5.73 Å². The van der Waals surface area contributed by atoms with E-state index >= 15 is 0 Å². The number of nitrogens with zero attached hydrogens (tertiary/aromatic N) is 3. The maximum Gasteiger partial charge on any atom is 0.268 e. The van der Waals surface area contributed by atoms with Gasteiger partial charge in [0.25, 0.3) is 10.0 Å². The monoisotopic (exact) mass is 368 g/mol. The van der Waals surface area contributed by atoms with Gasteiger partial charge in [0.15, 0.2) is 0 Å². The normalized spacial score (nSPS) is 16.5. The molecule has 1 amide bonds. The first-order valence-corrected chi connectivity index (χ1v) is 9.44. The number of carbonyl (C=O) groups is 1. The number of hydrogen-bond acceptors (Lipinski definition) is 4. The molecule has 1 aromatic heterocycles. The minimum atomic E-state index is -3.98. The van der Waals surface area contributed by atoms with Crippen LogP contribution in [0, 0.1) is 0 Å². The zero-order chi connectivity index (χ0) is 18.3. The summed E-state index contributed by atoms with van der Waals surface area (Å²) < 4.78 is 29.0. The van der Waals surface area contributed by atoms with Crippen molar-refractivity contribution in [3.05, 3.63) is 72.6 Å². The smallest absolute Gasteiger partial charge is 0.268 e. The summed E-state index contributed by atoms with van der Waals surface area (Å²) in [6.07, 6.45) is 2.97. The van der Waals surface area contributed by atoms with E-state index in [0.29, 0.717) is 5.69 Å². The molecule has 0 radical (unpaired) electrons. The molecule has 3 aromatic rings. The maximum atomic E-state index is 13.2. The van der Waals surface area contributed by atoms with Crippen LogP contribution in [0.5, 0.6) is 0 Å². The highest BCUT2D eigenvalue weighted by molar-refractivity contribution is 7.93. The Morgan fingerprint density at radius 2 is 1.77 bits per heavy atom. The second-order valence-electron chi connectivity index (χ2n) is 6.01. The summed E-state index contributed by atoms with van der Waals surface area (Å²) in [5.74, 6) is -0.680. The van der Waals surface area contributed by atoms with Gasteiger partial charge in [-0.05, 0) is 23.8 Å². The molecular weight excluding hydrogens is 352 g/mol. The van der Waals surface area contributed by atoms with Crippen LogP contribution in [-0.2, 0) is 21.2 Å². The molecule has 8 heteroatoms. The molecule has 0 saturated heterocycles. The van der Waals surface area contributed by atoms with Gasteiger partial charge in [-0.1, -0.05) is 36.4 Å². The van der Waals surface area contributed by atoms with Gasteiger partial charge in [-0.2, -0.15) is 5.10 Å². The fourth-order valence-electron chi connectivity index (χ4n) is 3.15. The first kappa shape index (κ1) is 16.3. The highest BCUT2D eigenvalue weighted by atomic mass is 32.2. The van der Waals surface area contributed by atoms with Gasteiger partial charge in [0.2, 0.25) is 5.91 Å². The van der Waals surface area contributed by atoms with Crippen LogP contribution in [0.1, 0.15) is 5.56 Å².